The fourth-order valence-electron chi connectivity index (χ4n) is 2.68. The molecule has 0 saturated heterocycles. The minimum absolute atomic E-state index is 0.301. The highest BCUT2D eigenvalue weighted by Gasteiger charge is 2.22. The van der Waals surface area contributed by atoms with Gasteiger partial charge in [0.2, 0.25) is 0 Å². The molecule has 0 fully saturated rings. The lowest BCUT2D eigenvalue weighted by atomic mass is 10.00. The van der Waals surface area contributed by atoms with Crippen molar-refractivity contribution < 1.29 is 0 Å². The second-order valence-electron chi connectivity index (χ2n) is 5.41. The molecule has 0 aromatic heterocycles. The fourth-order valence-corrected chi connectivity index (χ4v) is 3.94. The van der Waals surface area contributed by atoms with Crippen LogP contribution >= 0.6 is 11.8 Å². The summed E-state index contributed by atoms with van der Waals surface area (Å²) in [5, 5.41) is 12.5. The van der Waals surface area contributed by atoms with E-state index in [1.165, 1.54) is 16.0 Å². The predicted octanol–water partition coefficient (Wildman–Crippen LogP) is 4.10. The Bertz CT molecular complexity index is 658. The first-order valence-corrected chi connectivity index (χ1v) is 8.21. The fraction of sp³-hybridized carbons (Fsp3) is 0.278. The first kappa shape index (κ1) is 14.2. The van der Waals surface area contributed by atoms with Crippen LogP contribution in [0.1, 0.15) is 35.6 Å². The lowest BCUT2D eigenvalue weighted by molar-refractivity contribution is 0.541. The van der Waals surface area contributed by atoms with Gasteiger partial charge in [0, 0.05) is 29.2 Å². The summed E-state index contributed by atoms with van der Waals surface area (Å²) in [6, 6.07) is 19.0. The Morgan fingerprint density at radius 2 is 2.00 bits per heavy atom. The van der Waals surface area contributed by atoms with E-state index in [4.69, 9.17) is 5.26 Å². The normalized spacial score (nSPS) is 18.0. The highest BCUT2D eigenvalue weighted by atomic mass is 32.2. The zero-order valence-corrected chi connectivity index (χ0v) is 12.9. The Balaban J connectivity index is 1.61. The van der Waals surface area contributed by atoms with Gasteiger partial charge in [0.15, 0.2) is 0 Å². The van der Waals surface area contributed by atoms with Crippen molar-refractivity contribution in [2.75, 3.05) is 12.3 Å². The number of nitriles is 1. The van der Waals surface area contributed by atoms with E-state index in [1.54, 1.807) is 0 Å². The standard InChI is InChI=1S/C18H18N2S/c1-13(15-8-6-14(10-19)7-9-15)20-11-16-12-21-18-5-3-2-4-17(16)18/h2-9,13,16,20H,11-12H2,1H3. The van der Waals surface area contributed by atoms with Crippen LogP contribution in [0.25, 0.3) is 0 Å². The van der Waals surface area contributed by atoms with Crippen LogP contribution in [0, 0.1) is 11.3 Å². The molecule has 2 aromatic rings. The third-order valence-corrected chi connectivity index (χ3v) is 5.26. The summed E-state index contributed by atoms with van der Waals surface area (Å²) in [6.45, 7) is 3.17. The van der Waals surface area contributed by atoms with Crippen LogP contribution in [0.5, 0.6) is 0 Å². The molecule has 0 amide bonds. The second-order valence-corrected chi connectivity index (χ2v) is 6.47. The van der Waals surface area contributed by atoms with Crippen LogP contribution in [-0.4, -0.2) is 12.3 Å². The van der Waals surface area contributed by atoms with E-state index in [1.807, 2.05) is 36.0 Å². The summed E-state index contributed by atoms with van der Waals surface area (Å²) in [6.07, 6.45) is 0. The van der Waals surface area contributed by atoms with Crippen LogP contribution < -0.4 is 5.32 Å². The smallest absolute Gasteiger partial charge is 0.0991 e. The minimum atomic E-state index is 0.301. The van der Waals surface area contributed by atoms with Gasteiger partial charge in [-0.05, 0) is 36.2 Å². The van der Waals surface area contributed by atoms with Gasteiger partial charge in [-0.3, -0.25) is 0 Å². The Morgan fingerprint density at radius 1 is 1.24 bits per heavy atom. The summed E-state index contributed by atoms with van der Waals surface area (Å²) >= 11 is 1.95. The van der Waals surface area contributed by atoms with Gasteiger partial charge in [-0.1, -0.05) is 30.3 Å². The van der Waals surface area contributed by atoms with Crippen LogP contribution in [0.15, 0.2) is 53.4 Å². The molecule has 0 radical (unpaired) electrons. The maximum absolute atomic E-state index is 8.84. The largest absolute Gasteiger partial charge is 0.310 e. The van der Waals surface area contributed by atoms with E-state index in [9.17, 15) is 0 Å². The van der Waals surface area contributed by atoms with Gasteiger partial charge in [-0.2, -0.15) is 5.26 Å². The average Bonchev–Trinajstić information content (AvgIpc) is 2.96. The van der Waals surface area contributed by atoms with Gasteiger partial charge >= 0.3 is 0 Å². The van der Waals surface area contributed by atoms with Crippen LogP contribution in [-0.2, 0) is 0 Å². The van der Waals surface area contributed by atoms with Gasteiger partial charge < -0.3 is 5.32 Å². The predicted molar refractivity (Wildman–Crippen MR) is 87.5 cm³/mol. The van der Waals surface area contributed by atoms with Crippen molar-refractivity contribution in [3.05, 3.63) is 65.2 Å². The van der Waals surface area contributed by atoms with Crippen molar-refractivity contribution in [3.8, 4) is 6.07 Å². The molecule has 0 saturated carbocycles. The molecule has 0 aliphatic carbocycles. The van der Waals surface area contributed by atoms with Crippen molar-refractivity contribution in [2.45, 2.75) is 23.8 Å². The molecule has 0 bridgehead atoms. The Labute approximate surface area is 130 Å². The first-order valence-electron chi connectivity index (χ1n) is 7.23. The Morgan fingerprint density at radius 3 is 2.76 bits per heavy atom. The molecule has 2 nitrogen and oxygen atoms in total. The number of thioether (sulfide) groups is 1. The number of fused-ring (bicyclic) bond motifs is 1. The number of nitrogens with zero attached hydrogens (tertiary/aromatic N) is 1. The molecule has 21 heavy (non-hydrogen) atoms. The molecule has 2 unspecified atom stereocenters. The Kier molecular flexibility index (Phi) is 4.28. The SMILES string of the molecule is CC(NCC1CSc2ccccc21)c1ccc(C#N)cc1. The maximum Gasteiger partial charge on any atom is 0.0991 e. The van der Waals surface area contributed by atoms with Crippen LogP contribution in [0.3, 0.4) is 0 Å². The van der Waals surface area contributed by atoms with E-state index in [0.717, 1.165) is 12.3 Å². The van der Waals surface area contributed by atoms with Crippen molar-refractivity contribution >= 4 is 11.8 Å². The van der Waals surface area contributed by atoms with Crippen molar-refractivity contribution in [2.24, 2.45) is 0 Å². The second kappa shape index (κ2) is 6.34. The van der Waals surface area contributed by atoms with Crippen LogP contribution in [0.2, 0.25) is 0 Å². The summed E-state index contributed by atoms with van der Waals surface area (Å²) < 4.78 is 0. The number of hydrogen-bond donors (Lipinski definition) is 1. The van der Waals surface area contributed by atoms with Crippen LogP contribution in [0.4, 0.5) is 0 Å². The lowest BCUT2D eigenvalue weighted by Crippen LogP contribution is -2.24. The molecule has 3 heteroatoms. The third kappa shape index (κ3) is 3.12. The molecule has 2 aromatic carbocycles. The number of benzene rings is 2. The highest BCUT2D eigenvalue weighted by molar-refractivity contribution is 7.99. The zero-order chi connectivity index (χ0) is 14.7. The number of nitrogens with one attached hydrogen (secondary N) is 1. The van der Waals surface area contributed by atoms with E-state index >= 15 is 0 Å². The van der Waals surface area contributed by atoms with Gasteiger partial charge in [0.1, 0.15) is 0 Å². The highest BCUT2D eigenvalue weighted by Crippen LogP contribution is 2.39. The maximum atomic E-state index is 8.84. The summed E-state index contributed by atoms with van der Waals surface area (Å²) in [5.74, 6) is 1.75. The molecule has 106 valence electrons. The van der Waals surface area contributed by atoms with E-state index < -0.39 is 0 Å². The molecule has 1 aliphatic heterocycles. The van der Waals surface area contributed by atoms with Crippen molar-refractivity contribution in [1.82, 2.24) is 5.32 Å². The molecular weight excluding hydrogens is 276 g/mol. The summed E-state index contributed by atoms with van der Waals surface area (Å²) in [7, 11) is 0. The molecule has 1 aliphatic rings. The summed E-state index contributed by atoms with van der Waals surface area (Å²) in [5.41, 5.74) is 3.42. The molecule has 1 heterocycles. The van der Waals surface area contributed by atoms with E-state index in [-0.39, 0.29) is 0 Å². The van der Waals surface area contributed by atoms with E-state index in [2.05, 4.69) is 42.6 Å². The molecule has 3 rings (SSSR count). The van der Waals surface area contributed by atoms with Crippen molar-refractivity contribution in [3.63, 3.8) is 0 Å². The Hall–Kier alpha value is -1.76. The average molecular weight is 294 g/mol. The molecule has 0 spiro atoms. The number of hydrogen-bond acceptors (Lipinski definition) is 3. The topological polar surface area (TPSA) is 35.8 Å². The van der Waals surface area contributed by atoms with Gasteiger partial charge in [-0.15, -0.1) is 11.8 Å². The third-order valence-electron chi connectivity index (χ3n) is 4.01. The number of rotatable bonds is 4. The summed E-state index contributed by atoms with van der Waals surface area (Å²) in [4.78, 5) is 1.43. The molecule has 2 atom stereocenters. The quantitative estimate of drug-likeness (QED) is 0.922. The molecule has 1 N–H and O–H groups in total. The first-order chi connectivity index (χ1) is 10.3. The lowest BCUT2D eigenvalue weighted by Gasteiger charge is -2.18. The zero-order valence-electron chi connectivity index (χ0n) is 12.0. The van der Waals surface area contributed by atoms with Gasteiger partial charge in [0.25, 0.3) is 0 Å². The minimum Gasteiger partial charge on any atom is -0.310 e. The van der Waals surface area contributed by atoms with Gasteiger partial charge in [-0.25, -0.2) is 0 Å². The van der Waals surface area contributed by atoms with E-state index in [0.29, 0.717) is 17.5 Å². The monoisotopic (exact) mass is 294 g/mol. The van der Waals surface area contributed by atoms with Gasteiger partial charge in [0.05, 0.1) is 11.6 Å². The molecular formula is C18H18N2S. The van der Waals surface area contributed by atoms with Crippen molar-refractivity contribution in [1.29, 1.82) is 5.26 Å².